The molecule has 0 fully saturated rings. The predicted octanol–water partition coefficient (Wildman–Crippen LogP) is 3.82. The van der Waals surface area contributed by atoms with Gasteiger partial charge in [-0.2, -0.15) is 0 Å². The highest BCUT2D eigenvalue weighted by Gasteiger charge is 2.24. The smallest absolute Gasteiger partial charge is 0.408 e. The van der Waals surface area contributed by atoms with Gasteiger partial charge in [0.15, 0.2) is 0 Å². The quantitative estimate of drug-likeness (QED) is 0.506. The minimum atomic E-state index is -0.632. The molecule has 0 aliphatic carbocycles. The third kappa shape index (κ3) is 5.29. The van der Waals surface area contributed by atoms with Crippen LogP contribution in [0.2, 0.25) is 0 Å². The first-order chi connectivity index (χ1) is 11.4. The summed E-state index contributed by atoms with van der Waals surface area (Å²) in [6.07, 6.45) is -0.190. The molecule has 9 nitrogen and oxygen atoms in total. The van der Waals surface area contributed by atoms with E-state index in [0.29, 0.717) is 6.42 Å². The van der Waals surface area contributed by atoms with E-state index in [9.17, 15) is 4.79 Å². The number of carbonyl (C=O) groups is 1. The Hall–Kier alpha value is -3.06. The van der Waals surface area contributed by atoms with Gasteiger partial charge in [0.2, 0.25) is 5.89 Å². The normalized spacial score (nSPS) is 12.1. The molecule has 1 atom stereocenters. The lowest BCUT2D eigenvalue weighted by Crippen LogP contribution is -2.36. The summed E-state index contributed by atoms with van der Waals surface area (Å²) in [7, 11) is 0. The second-order valence-electron chi connectivity index (χ2n) is 6.00. The first kappa shape index (κ1) is 17.3. The molecule has 1 aromatic heterocycles. The van der Waals surface area contributed by atoms with E-state index in [2.05, 4.69) is 25.5 Å². The second-order valence-corrected chi connectivity index (χ2v) is 6.00. The number of rotatable bonds is 5. The van der Waals surface area contributed by atoms with Crippen LogP contribution in [0.5, 0.6) is 0 Å². The van der Waals surface area contributed by atoms with E-state index in [-0.39, 0.29) is 11.9 Å². The molecule has 1 N–H and O–H groups in total. The van der Waals surface area contributed by atoms with Crippen molar-refractivity contribution in [3.05, 3.63) is 52.2 Å². The van der Waals surface area contributed by atoms with Gasteiger partial charge in [-0.3, -0.25) is 0 Å². The van der Waals surface area contributed by atoms with Gasteiger partial charge in [-0.1, -0.05) is 30.3 Å². The fourth-order valence-corrected chi connectivity index (χ4v) is 1.95. The molecule has 126 valence electrons. The SMILES string of the molecule is CC(C)(C)OC(=O)N[C@H](Cc1ccccc1)c1nnc(N=[N+]=[N-])o1. The van der Waals surface area contributed by atoms with Crippen molar-refractivity contribution in [1.82, 2.24) is 15.5 Å². The van der Waals surface area contributed by atoms with Gasteiger partial charge in [-0.25, -0.2) is 4.79 Å². The van der Waals surface area contributed by atoms with E-state index in [4.69, 9.17) is 14.7 Å². The molecule has 0 unspecified atom stereocenters. The van der Waals surface area contributed by atoms with Crippen molar-refractivity contribution in [1.29, 1.82) is 0 Å². The molecule has 0 saturated heterocycles. The third-order valence-corrected chi connectivity index (χ3v) is 2.83. The number of amides is 1. The number of hydrogen-bond donors (Lipinski definition) is 1. The summed E-state index contributed by atoms with van der Waals surface area (Å²) in [4.78, 5) is 14.6. The summed E-state index contributed by atoms with van der Waals surface area (Å²) >= 11 is 0. The lowest BCUT2D eigenvalue weighted by molar-refractivity contribution is 0.0495. The molecule has 9 heteroatoms. The molecule has 0 spiro atoms. The predicted molar refractivity (Wildman–Crippen MR) is 85.4 cm³/mol. The van der Waals surface area contributed by atoms with Crippen LogP contribution in [0.4, 0.5) is 10.8 Å². The fraction of sp³-hybridized carbons (Fsp3) is 0.400. The van der Waals surface area contributed by atoms with Crippen LogP contribution in [0.25, 0.3) is 10.4 Å². The van der Waals surface area contributed by atoms with Gasteiger partial charge < -0.3 is 14.5 Å². The molecule has 2 rings (SSSR count). The largest absolute Gasteiger partial charge is 0.444 e. The molecular formula is C15H18N6O3. The monoisotopic (exact) mass is 330 g/mol. The first-order valence-electron chi connectivity index (χ1n) is 7.29. The van der Waals surface area contributed by atoms with E-state index in [1.54, 1.807) is 20.8 Å². The fourth-order valence-electron chi connectivity index (χ4n) is 1.95. The summed E-state index contributed by atoms with van der Waals surface area (Å²) in [5, 5.41) is 13.4. The van der Waals surface area contributed by atoms with Gasteiger partial charge in [-0.15, -0.1) is 10.2 Å². The molecule has 2 aromatic rings. The summed E-state index contributed by atoms with van der Waals surface area (Å²) in [6.45, 7) is 5.31. The maximum absolute atomic E-state index is 12.1. The molecule has 0 radical (unpaired) electrons. The zero-order valence-corrected chi connectivity index (χ0v) is 13.6. The molecule has 0 aliphatic heterocycles. The minimum absolute atomic E-state index is 0.132. The molecule has 0 bridgehead atoms. The number of hydrogen-bond acceptors (Lipinski definition) is 6. The Morgan fingerprint density at radius 1 is 1.38 bits per heavy atom. The second kappa shape index (κ2) is 7.47. The summed E-state index contributed by atoms with van der Waals surface area (Å²) in [5.41, 5.74) is 8.74. The average Bonchev–Trinajstić information content (AvgIpc) is 2.95. The number of azide groups is 1. The number of nitrogens with one attached hydrogen (secondary N) is 1. The maximum atomic E-state index is 12.1. The zero-order chi connectivity index (χ0) is 17.6. The lowest BCUT2D eigenvalue weighted by atomic mass is 10.1. The van der Waals surface area contributed by atoms with E-state index >= 15 is 0 Å². The van der Waals surface area contributed by atoms with Crippen LogP contribution >= 0.6 is 0 Å². The number of aromatic nitrogens is 2. The Bertz CT molecular complexity index is 731. The Morgan fingerprint density at radius 3 is 2.71 bits per heavy atom. The van der Waals surface area contributed by atoms with Gasteiger partial charge in [0, 0.05) is 16.4 Å². The molecule has 24 heavy (non-hydrogen) atoms. The van der Waals surface area contributed by atoms with Gasteiger partial charge in [0.05, 0.1) is 0 Å². The Balaban J connectivity index is 2.20. The number of alkyl carbamates (subject to hydrolysis) is 1. The first-order valence-corrected chi connectivity index (χ1v) is 7.29. The lowest BCUT2D eigenvalue weighted by Gasteiger charge is -2.22. The van der Waals surface area contributed by atoms with Crippen molar-refractivity contribution in [3.63, 3.8) is 0 Å². The van der Waals surface area contributed by atoms with Crippen LogP contribution in [0.3, 0.4) is 0 Å². The molecule has 0 saturated carbocycles. The van der Waals surface area contributed by atoms with E-state index in [0.717, 1.165) is 5.56 Å². The molecule has 1 aromatic carbocycles. The zero-order valence-electron chi connectivity index (χ0n) is 13.6. The topological polar surface area (TPSA) is 126 Å². The molecular weight excluding hydrogens is 312 g/mol. The van der Waals surface area contributed by atoms with Gasteiger partial charge >= 0.3 is 12.1 Å². The Kier molecular flexibility index (Phi) is 5.39. The minimum Gasteiger partial charge on any atom is -0.444 e. The maximum Gasteiger partial charge on any atom is 0.408 e. The van der Waals surface area contributed by atoms with E-state index in [1.165, 1.54) is 0 Å². The van der Waals surface area contributed by atoms with Crippen molar-refractivity contribution in [2.24, 2.45) is 5.11 Å². The summed E-state index contributed by atoms with van der Waals surface area (Å²) in [6, 6.07) is 8.67. The Labute approximate surface area is 138 Å². The number of ether oxygens (including phenoxy) is 1. The number of benzene rings is 1. The van der Waals surface area contributed by atoms with Crippen molar-refractivity contribution in [3.8, 4) is 0 Å². The average molecular weight is 330 g/mol. The highest BCUT2D eigenvalue weighted by atomic mass is 16.6. The van der Waals surface area contributed by atoms with Crippen LogP contribution in [-0.4, -0.2) is 21.9 Å². The molecule has 1 amide bonds. The van der Waals surface area contributed by atoms with Crippen LogP contribution in [0.1, 0.15) is 38.3 Å². The third-order valence-electron chi connectivity index (χ3n) is 2.83. The van der Waals surface area contributed by atoms with Crippen LogP contribution in [0.15, 0.2) is 39.9 Å². The van der Waals surface area contributed by atoms with Crippen molar-refractivity contribution in [2.75, 3.05) is 0 Å². The van der Waals surface area contributed by atoms with Crippen LogP contribution < -0.4 is 5.32 Å². The Morgan fingerprint density at radius 2 is 2.08 bits per heavy atom. The highest BCUT2D eigenvalue weighted by Crippen LogP contribution is 2.21. The van der Waals surface area contributed by atoms with Gasteiger partial charge in [0.25, 0.3) is 0 Å². The van der Waals surface area contributed by atoms with E-state index < -0.39 is 17.7 Å². The highest BCUT2D eigenvalue weighted by molar-refractivity contribution is 5.68. The standard InChI is InChI=1S/C15H18N6O3/c1-15(2,3)24-14(22)17-11(9-10-7-5-4-6-8-10)12-18-19-13(23-12)20-21-16/h4-8,11H,9H2,1-3H3,(H,17,22)/t11-/m1/s1. The van der Waals surface area contributed by atoms with Gasteiger partial charge in [0.1, 0.15) is 11.6 Å². The van der Waals surface area contributed by atoms with Crippen LogP contribution in [-0.2, 0) is 11.2 Å². The molecule has 1 heterocycles. The number of carbonyl (C=O) groups excluding carboxylic acids is 1. The van der Waals surface area contributed by atoms with Crippen LogP contribution in [0, 0.1) is 0 Å². The van der Waals surface area contributed by atoms with Gasteiger partial charge in [-0.05, 0) is 31.9 Å². The van der Waals surface area contributed by atoms with Crippen molar-refractivity contribution in [2.45, 2.75) is 38.8 Å². The van der Waals surface area contributed by atoms with E-state index in [1.807, 2.05) is 30.3 Å². The van der Waals surface area contributed by atoms with Crippen molar-refractivity contribution < 1.29 is 13.9 Å². The summed E-state index contributed by atoms with van der Waals surface area (Å²) in [5.74, 6) is 0.132. The van der Waals surface area contributed by atoms with Crippen molar-refractivity contribution >= 4 is 12.1 Å². The number of nitrogens with zero attached hydrogens (tertiary/aromatic N) is 5. The molecule has 0 aliphatic rings. The summed E-state index contributed by atoms with van der Waals surface area (Å²) < 4.78 is 10.5.